The highest BCUT2D eigenvalue weighted by Crippen LogP contribution is 2.32. The lowest BCUT2D eigenvalue weighted by atomic mass is 9.99. The van der Waals surface area contributed by atoms with Gasteiger partial charge in [-0.15, -0.1) is 0 Å². The third-order valence-electron chi connectivity index (χ3n) is 5.52. The SMILES string of the molecule is Cn1nccc1[C@@H]1CN(Cc2nc(-c3ccoc3)no2)C[C@H]1NC(=O)C1CC1. The van der Waals surface area contributed by atoms with E-state index in [1.54, 1.807) is 24.8 Å². The highest BCUT2D eigenvalue weighted by atomic mass is 16.5. The Balaban J connectivity index is 1.31. The number of likely N-dealkylation sites (tertiary alicyclic amines) is 1. The maximum atomic E-state index is 12.4. The topological polar surface area (TPSA) is 102 Å². The van der Waals surface area contributed by atoms with Crippen molar-refractivity contribution in [2.45, 2.75) is 31.3 Å². The first-order valence-corrected chi connectivity index (χ1v) is 9.53. The van der Waals surface area contributed by atoms with E-state index in [0.29, 0.717) is 18.3 Å². The zero-order valence-corrected chi connectivity index (χ0v) is 15.6. The third kappa shape index (κ3) is 3.33. The molecule has 4 heterocycles. The summed E-state index contributed by atoms with van der Waals surface area (Å²) < 4.78 is 12.4. The van der Waals surface area contributed by atoms with E-state index < -0.39 is 0 Å². The van der Waals surface area contributed by atoms with Gasteiger partial charge in [-0.1, -0.05) is 5.16 Å². The third-order valence-corrected chi connectivity index (χ3v) is 5.52. The Morgan fingerprint density at radius 2 is 2.21 bits per heavy atom. The first-order valence-electron chi connectivity index (χ1n) is 9.53. The number of rotatable bonds is 6. The minimum absolute atomic E-state index is 0.0414. The number of hydrogen-bond acceptors (Lipinski definition) is 7. The van der Waals surface area contributed by atoms with Gasteiger partial charge in [0.25, 0.3) is 0 Å². The molecule has 9 heteroatoms. The molecule has 0 radical (unpaired) electrons. The molecule has 2 atom stereocenters. The van der Waals surface area contributed by atoms with Gasteiger partial charge in [0.05, 0.1) is 24.4 Å². The van der Waals surface area contributed by atoms with Crippen molar-refractivity contribution >= 4 is 5.91 Å². The van der Waals surface area contributed by atoms with Crippen molar-refractivity contribution in [2.75, 3.05) is 13.1 Å². The van der Waals surface area contributed by atoms with Crippen LogP contribution in [0.3, 0.4) is 0 Å². The minimum Gasteiger partial charge on any atom is -0.472 e. The lowest BCUT2D eigenvalue weighted by molar-refractivity contribution is -0.123. The van der Waals surface area contributed by atoms with Gasteiger partial charge < -0.3 is 14.3 Å². The lowest BCUT2D eigenvalue weighted by Crippen LogP contribution is -2.41. The zero-order valence-electron chi connectivity index (χ0n) is 15.6. The summed E-state index contributed by atoms with van der Waals surface area (Å²) in [5.41, 5.74) is 1.91. The van der Waals surface area contributed by atoms with Gasteiger partial charge in [0.2, 0.25) is 17.6 Å². The van der Waals surface area contributed by atoms with E-state index in [0.717, 1.165) is 37.2 Å². The molecule has 1 saturated heterocycles. The Hall–Kier alpha value is -2.94. The summed E-state index contributed by atoms with van der Waals surface area (Å²) >= 11 is 0. The monoisotopic (exact) mass is 382 g/mol. The van der Waals surface area contributed by atoms with Crippen LogP contribution in [-0.4, -0.2) is 49.9 Å². The second kappa shape index (κ2) is 6.90. The highest BCUT2D eigenvalue weighted by Gasteiger charge is 2.39. The van der Waals surface area contributed by atoms with Gasteiger partial charge in [0.15, 0.2) is 0 Å². The summed E-state index contributed by atoms with van der Waals surface area (Å²) in [6.07, 6.45) is 6.96. The van der Waals surface area contributed by atoms with Gasteiger partial charge in [0.1, 0.15) is 6.26 Å². The normalized spacial score (nSPS) is 22.6. The number of nitrogens with zero attached hydrogens (tertiary/aromatic N) is 5. The molecule has 2 fully saturated rings. The van der Waals surface area contributed by atoms with E-state index in [2.05, 4.69) is 25.5 Å². The van der Waals surface area contributed by atoms with Gasteiger partial charge in [-0.3, -0.25) is 14.4 Å². The molecule has 1 aliphatic carbocycles. The number of carbonyl (C=O) groups is 1. The lowest BCUT2D eigenvalue weighted by Gasteiger charge is -2.20. The molecule has 1 N–H and O–H groups in total. The van der Waals surface area contributed by atoms with Gasteiger partial charge in [-0.25, -0.2) is 0 Å². The molecular formula is C19H22N6O3. The predicted octanol–water partition coefficient (Wildman–Crippen LogP) is 1.56. The van der Waals surface area contributed by atoms with E-state index in [-0.39, 0.29) is 23.8 Å². The standard InChI is InChI=1S/C19H22N6O3/c1-24-16(4-6-20-24)14-8-25(9-15(14)21-19(26)12-2-3-12)10-17-22-18(23-28-17)13-5-7-27-11-13/h4-7,11-12,14-15H,2-3,8-10H2,1H3,(H,21,26)/t14-,15-/m1/s1. The van der Waals surface area contributed by atoms with Crippen LogP contribution in [-0.2, 0) is 18.4 Å². The predicted molar refractivity (Wildman–Crippen MR) is 97.9 cm³/mol. The smallest absolute Gasteiger partial charge is 0.241 e. The van der Waals surface area contributed by atoms with Crippen LogP contribution in [0.1, 0.15) is 30.3 Å². The van der Waals surface area contributed by atoms with Gasteiger partial charge >= 0.3 is 0 Å². The fourth-order valence-corrected chi connectivity index (χ4v) is 3.87. The van der Waals surface area contributed by atoms with E-state index in [4.69, 9.17) is 8.94 Å². The molecule has 5 rings (SSSR count). The molecular weight excluding hydrogens is 360 g/mol. The summed E-state index contributed by atoms with van der Waals surface area (Å²) in [5.74, 6) is 1.60. The molecule has 0 unspecified atom stereocenters. The maximum Gasteiger partial charge on any atom is 0.241 e. The number of furan rings is 1. The van der Waals surface area contributed by atoms with Crippen LogP contribution in [0.4, 0.5) is 0 Å². The Kier molecular flexibility index (Phi) is 4.23. The minimum atomic E-state index is 0.0414. The quantitative estimate of drug-likeness (QED) is 0.690. The second-order valence-corrected chi connectivity index (χ2v) is 7.59. The molecule has 28 heavy (non-hydrogen) atoms. The summed E-state index contributed by atoms with van der Waals surface area (Å²) in [6, 6.07) is 3.86. The average Bonchev–Trinajstić information content (AvgIpc) is 3.08. The molecule has 0 spiro atoms. The van der Waals surface area contributed by atoms with E-state index in [1.165, 1.54) is 0 Å². The number of nitrogens with one attached hydrogen (secondary N) is 1. The van der Waals surface area contributed by atoms with E-state index in [9.17, 15) is 4.79 Å². The number of amides is 1. The number of aromatic nitrogens is 4. The number of hydrogen-bond donors (Lipinski definition) is 1. The van der Waals surface area contributed by atoms with Gasteiger partial charge in [-0.2, -0.15) is 10.1 Å². The first-order chi connectivity index (χ1) is 13.7. The molecule has 2 aliphatic rings. The van der Waals surface area contributed by atoms with Crippen LogP contribution in [0.15, 0.2) is 39.8 Å². The van der Waals surface area contributed by atoms with Crippen molar-refractivity contribution in [1.29, 1.82) is 0 Å². The van der Waals surface area contributed by atoms with Crippen molar-refractivity contribution in [2.24, 2.45) is 13.0 Å². The van der Waals surface area contributed by atoms with Crippen LogP contribution >= 0.6 is 0 Å². The molecule has 3 aromatic rings. The Morgan fingerprint density at radius 1 is 1.32 bits per heavy atom. The fourth-order valence-electron chi connectivity index (χ4n) is 3.87. The zero-order chi connectivity index (χ0) is 19.1. The summed E-state index contributed by atoms with van der Waals surface area (Å²) in [4.78, 5) is 19.1. The van der Waals surface area contributed by atoms with E-state index in [1.807, 2.05) is 17.8 Å². The molecule has 1 saturated carbocycles. The van der Waals surface area contributed by atoms with E-state index >= 15 is 0 Å². The van der Waals surface area contributed by atoms with Crippen molar-refractivity contribution in [1.82, 2.24) is 30.1 Å². The summed E-state index contributed by atoms with van der Waals surface area (Å²) in [7, 11) is 1.94. The first kappa shape index (κ1) is 17.2. The Labute approximate surface area is 161 Å². The Morgan fingerprint density at radius 3 is 2.93 bits per heavy atom. The van der Waals surface area contributed by atoms with Crippen LogP contribution in [0, 0.1) is 5.92 Å². The average molecular weight is 382 g/mol. The molecule has 1 amide bonds. The highest BCUT2D eigenvalue weighted by molar-refractivity contribution is 5.81. The van der Waals surface area contributed by atoms with Gasteiger partial charge in [0, 0.05) is 43.9 Å². The second-order valence-electron chi connectivity index (χ2n) is 7.59. The largest absolute Gasteiger partial charge is 0.472 e. The molecule has 9 nitrogen and oxygen atoms in total. The molecule has 146 valence electrons. The Bertz CT molecular complexity index is 958. The van der Waals surface area contributed by atoms with Crippen LogP contribution in [0.2, 0.25) is 0 Å². The van der Waals surface area contributed by atoms with Crippen molar-refractivity contribution in [3.63, 3.8) is 0 Å². The molecule has 1 aliphatic heterocycles. The molecule has 0 bridgehead atoms. The summed E-state index contributed by atoms with van der Waals surface area (Å²) in [6.45, 7) is 2.06. The number of carbonyl (C=O) groups excluding carboxylic acids is 1. The van der Waals surface area contributed by atoms with Crippen LogP contribution < -0.4 is 5.32 Å². The molecule has 3 aromatic heterocycles. The van der Waals surface area contributed by atoms with Crippen molar-refractivity contribution in [3.05, 3.63) is 42.4 Å². The van der Waals surface area contributed by atoms with Gasteiger partial charge in [-0.05, 0) is 25.0 Å². The maximum absolute atomic E-state index is 12.4. The van der Waals surface area contributed by atoms with Crippen molar-refractivity contribution < 1.29 is 13.7 Å². The van der Waals surface area contributed by atoms with Crippen molar-refractivity contribution in [3.8, 4) is 11.4 Å². The van der Waals surface area contributed by atoms with Crippen LogP contribution in [0.25, 0.3) is 11.4 Å². The fraction of sp³-hybridized carbons (Fsp3) is 0.474. The number of aryl methyl sites for hydroxylation is 1. The molecule has 0 aromatic carbocycles. The summed E-state index contributed by atoms with van der Waals surface area (Å²) in [5, 5.41) is 11.6. The van der Waals surface area contributed by atoms with Crippen LogP contribution in [0.5, 0.6) is 0 Å².